The smallest absolute Gasteiger partial charge is 0.275 e. The van der Waals surface area contributed by atoms with E-state index in [1.165, 1.54) is 53.9 Å². The molecule has 11 aromatic rings. The van der Waals surface area contributed by atoms with E-state index in [4.69, 9.17) is 46.4 Å². The zero-order valence-corrected chi connectivity index (χ0v) is 77.4. The van der Waals surface area contributed by atoms with Gasteiger partial charge < -0.3 is 50.8 Å². The van der Waals surface area contributed by atoms with Gasteiger partial charge in [0, 0.05) is 126 Å². The van der Waals surface area contributed by atoms with E-state index >= 15 is 0 Å². The van der Waals surface area contributed by atoms with Crippen LogP contribution in [0.1, 0.15) is 218 Å². The molecule has 137 heavy (non-hydrogen) atoms. The van der Waals surface area contributed by atoms with Crippen LogP contribution in [-0.2, 0) is 19.2 Å². The van der Waals surface area contributed by atoms with Crippen molar-refractivity contribution in [3.05, 3.63) is 223 Å². The van der Waals surface area contributed by atoms with Gasteiger partial charge in [0.2, 0.25) is 23.6 Å². The number of amides is 9. The number of hydrogen-bond donors (Lipinski definition) is 5. The van der Waals surface area contributed by atoms with Gasteiger partial charge >= 0.3 is 0 Å². The zero-order valence-electron chi connectivity index (χ0n) is 74.4. The normalized spacial score (nSPS) is 23.5. The van der Waals surface area contributed by atoms with Crippen LogP contribution < -0.4 is 40.9 Å². The van der Waals surface area contributed by atoms with Crippen molar-refractivity contribution in [3.63, 3.8) is 0 Å². The number of rotatable bonds is 13. The zero-order chi connectivity index (χ0) is 96.8. The van der Waals surface area contributed by atoms with Crippen LogP contribution >= 0.6 is 46.4 Å². The number of piperidine rings is 4. The number of anilines is 4. The number of aryl methyl sites for hydroxylation is 2. The standard InChI is InChI=1S/C25H26ClF2N5O2.C24H25ClF3N5O3.2C23H22ClF2N5O2/c1-14-10-15(2)33-22(30-14)17(13-29-33)23(34)31-16-4-7-25(8-5-16)6-3-9-32(24(25)35)21-12-20(28)19(27)11-18(21)26;25-15-8-16(27)17(28)9-18(15)33-7-1-4-24(23(33)36)5-2-14(3-6-24)31-21(34)19-20(30-12-29-19)22(35)32-10-13(26)11-32;24-16-11-17(25)18(26)12-19(16)30-9-1-5-23(22(30)33)6-3-14(4-7-23)29-21(32)15-13-28-31-10-2-8-27-20(15)31;24-15-11-16(25)17(26)12-18(15)30-10-2-6-23(22(30)33)7-4-14(5-8-23)29-21(32)19-13-27-20-3-1-9-28-31(19)20/h10-13,16H,3-9H2,1-2H3,(H,31,34);8-9,12-14H,1-7,10-11H2,(H,29,30)(H,31,34);2,8,10-14H,1,3-7,9H2,(H,29,32);1,3,9,11-14H,2,4-8,10H2,(H,29,32)/t16-,25-;14-,24+;2*14-,23-. The van der Waals surface area contributed by atoms with Gasteiger partial charge in [-0.1, -0.05) is 46.4 Å². The number of nitrogens with one attached hydrogen (secondary N) is 5. The molecule has 0 atom stereocenters. The first kappa shape index (κ1) is 96.4. The average molecular weight is 1970 g/mol. The average Bonchev–Trinajstić information content (AvgIpc) is 1.77. The van der Waals surface area contributed by atoms with Gasteiger partial charge in [-0.2, -0.15) is 15.3 Å². The number of halogens is 13. The molecule has 20 rings (SSSR count). The number of alkyl halides is 1. The highest BCUT2D eigenvalue weighted by atomic mass is 35.5. The molecule has 4 aromatic carbocycles. The van der Waals surface area contributed by atoms with Crippen LogP contribution in [0.2, 0.25) is 20.1 Å². The number of imidazole rings is 2. The van der Waals surface area contributed by atoms with Crippen molar-refractivity contribution in [1.29, 1.82) is 0 Å². The van der Waals surface area contributed by atoms with E-state index in [9.17, 15) is 82.7 Å². The Morgan fingerprint density at radius 3 is 1.21 bits per heavy atom. The molecule has 9 fully saturated rings. The number of H-pyrrole nitrogens is 1. The van der Waals surface area contributed by atoms with Gasteiger partial charge in [-0.15, -0.1) is 0 Å². The van der Waals surface area contributed by atoms with Crippen molar-refractivity contribution in [1.82, 2.24) is 79.9 Å². The molecule has 0 radical (unpaired) electrons. The summed E-state index contributed by atoms with van der Waals surface area (Å²) >= 11 is 24.6. The summed E-state index contributed by atoms with van der Waals surface area (Å²) in [7, 11) is 0. The fourth-order valence-electron chi connectivity index (χ4n) is 21.0. The summed E-state index contributed by atoms with van der Waals surface area (Å²) in [5.41, 5.74) is 2.82. The van der Waals surface area contributed by atoms with E-state index < -0.39 is 86.2 Å². The maximum absolute atomic E-state index is 13.9. The molecule has 0 unspecified atom stereocenters. The molecule has 12 heterocycles. The number of carbonyl (C=O) groups is 9. The third kappa shape index (κ3) is 19.5. The molecule has 5 aliphatic heterocycles. The van der Waals surface area contributed by atoms with Gasteiger partial charge in [0.05, 0.1) is 80.8 Å². The molecule has 720 valence electrons. The van der Waals surface area contributed by atoms with Crippen LogP contribution in [0.4, 0.5) is 62.3 Å². The Bertz CT molecular complexity index is 6370. The minimum atomic E-state index is -1.07. The Labute approximate surface area is 798 Å². The number of likely N-dealkylation sites (tertiary alicyclic amines) is 1. The van der Waals surface area contributed by atoms with Gasteiger partial charge in [0.25, 0.3) is 29.5 Å². The largest absolute Gasteiger partial charge is 0.349 e. The van der Waals surface area contributed by atoms with Crippen molar-refractivity contribution in [2.45, 2.75) is 198 Å². The SMILES string of the molecule is Cc1cc(C)n2ncc(C(=O)N[C@H]3CC[C@@]4(CCCN(c5cc(F)c(F)cc5Cl)C4=O)CC3)c2n1.O=C(N[C@H]1CC[C@@]2(CCCN(c3cc(F)c(F)cc3Cl)C2=O)CC1)c1cnc2cccnn12.O=C(N[C@H]1CC[C@@]2(CCCN(c3cc(F)c(F)cc3Cl)C2=O)CC1)c1cnn2cccnc12.O=C(N[C@H]1CC[C@]2(CCCN(c3cc(F)c(F)cc3Cl)C2=O)CC1)c1[nH]cnc1C(=O)N1CC(F)C1. The highest BCUT2D eigenvalue weighted by Crippen LogP contribution is 2.52. The highest BCUT2D eigenvalue weighted by Gasteiger charge is 2.52. The lowest BCUT2D eigenvalue weighted by molar-refractivity contribution is -0.133. The summed E-state index contributed by atoms with van der Waals surface area (Å²) in [5, 5.41) is 24.7. The molecule has 29 nitrogen and oxygen atoms in total. The second kappa shape index (κ2) is 39.7. The minimum Gasteiger partial charge on any atom is -0.349 e. The second-order valence-electron chi connectivity index (χ2n) is 36.9. The van der Waals surface area contributed by atoms with E-state index in [0.717, 1.165) is 98.4 Å². The van der Waals surface area contributed by atoms with Gasteiger partial charge in [-0.05, 0) is 216 Å². The summed E-state index contributed by atoms with van der Waals surface area (Å²) in [5.74, 6) is -10.6. The number of carbonyl (C=O) groups excluding carboxylic acids is 9. The summed E-state index contributed by atoms with van der Waals surface area (Å²) in [6.45, 7) is 5.35. The Balaban J connectivity index is 0.000000127. The Morgan fingerprint density at radius 2 is 0.803 bits per heavy atom. The monoisotopic (exact) mass is 1970 g/mol. The van der Waals surface area contributed by atoms with Crippen LogP contribution in [0.25, 0.3) is 16.9 Å². The lowest BCUT2D eigenvalue weighted by Crippen LogP contribution is -2.53. The van der Waals surface area contributed by atoms with Crippen LogP contribution in [0.15, 0.2) is 116 Å². The maximum atomic E-state index is 13.9. The van der Waals surface area contributed by atoms with Crippen molar-refractivity contribution in [3.8, 4) is 0 Å². The first-order chi connectivity index (χ1) is 65.6. The first-order valence-corrected chi connectivity index (χ1v) is 47.1. The summed E-state index contributed by atoms with van der Waals surface area (Å²) in [4.78, 5) is 145. The first-order valence-electron chi connectivity index (χ1n) is 45.6. The number of benzene rings is 4. The third-order valence-electron chi connectivity index (χ3n) is 28.4. The topological polar surface area (TPSA) is 337 Å². The van der Waals surface area contributed by atoms with Gasteiger partial charge in [0.1, 0.15) is 28.7 Å². The molecule has 0 bridgehead atoms. The van der Waals surface area contributed by atoms with E-state index in [1.54, 1.807) is 45.8 Å². The number of hydrogen-bond acceptors (Lipinski definition) is 16. The maximum Gasteiger partial charge on any atom is 0.275 e. The van der Waals surface area contributed by atoms with Crippen LogP contribution in [-0.4, -0.2) is 181 Å². The predicted molar refractivity (Wildman–Crippen MR) is 488 cm³/mol. The third-order valence-corrected chi connectivity index (χ3v) is 29.6. The Hall–Kier alpha value is -12.3. The molecule has 4 saturated carbocycles. The fourth-order valence-corrected chi connectivity index (χ4v) is 22.0. The van der Waals surface area contributed by atoms with Crippen LogP contribution in [0.5, 0.6) is 0 Å². The molecule has 9 aliphatic rings. The molecular weight excluding hydrogens is 1880 g/mol. The second-order valence-corrected chi connectivity index (χ2v) is 38.5. The molecule has 7 aromatic heterocycles. The number of aromatic amines is 1. The number of fused-ring (bicyclic) bond motifs is 3. The number of nitrogens with zero attached hydrogens (tertiary/aromatic N) is 15. The lowest BCUT2D eigenvalue weighted by atomic mass is 9.67. The highest BCUT2D eigenvalue weighted by molar-refractivity contribution is 6.35. The van der Waals surface area contributed by atoms with Crippen molar-refractivity contribution in [2.24, 2.45) is 21.7 Å². The van der Waals surface area contributed by atoms with Gasteiger partial charge in [-0.25, -0.2) is 73.0 Å². The quantitative estimate of drug-likeness (QED) is 0.0529. The molecule has 5 N–H and O–H groups in total. The molecule has 9 amide bonds. The van der Waals surface area contributed by atoms with E-state index in [1.807, 2.05) is 19.9 Å². The van der Waals surface area contributed by atoms with Crippen molar-refractivity contribution in [2.75, 3.05) is 58.9 Å². The molecule has 5 saturated heterocycles. The summed E-state index contributed by atoms with van der Waals surface area (Å²) in [6.07, 6.45) is 24.9. The summed E-state index contributed by atoms with van der Waals surface area (Å²) < 4.78 is 127. The van der Waals surface area contributed by atoms with Crippen molar-refractivity contribution < 1.29 is 82.7 Å². The minimum absolute atomic E-state index is 0.0156. The fraction of sp³-hybridized carbons (Fsp3) is 0.432. The Kier molecular flexibility index (Phi) is 27.9. The predicted octanol–water partition coefficient (Wildman–Crippen LogP) is 16.7. The van der Waals surface area contributed by atoms with E-state index in [0.29, 0.717) is 176 Å². The van der Waals surface area contributed by atoms with Gasteiger partial charge in [-0.3, -0.25) is 43.2 Å². The van der Waals surface area contributed by atoms with Crippen LogP contribution in [0, 0.1) is 82.0 Å². The summed E-state index contributed by atoms with van der Waals surface area (Å²) in [6, 6.07) is 14.2. The van der Waals surface area contributed by atoms with Crippen LogP contribution in [0.3, 0.4) is 0 Å². The lowest BCUT2D eigenvalue weighted by Gasteiger charge is -2.45. The molecule has 4 aliphatic carbocycles. The van der Waals surface area contributed by atoms with Crippen molar-refractivity contribution >= 4 is 139 Å². The molecule has 4 spiro atoms. The van der Waals surface area contributed by atoms with E-state index in [-0.39, 0.29) is 133 Å². The van der Waals surface area contributed by atoms with Gasteiger partial charge in [0.15, 0.2) is 69.2 Å². The van der Waals surface area contributed by atoms with E-state index in [2.05, 4.69) is 61.5 Å². The molecule has 42 heteroatoms. The molecular formula is C95H95Cl4F9N20O9. The Morgan fingerprint density at radius 1 is 0.423 bits per heavy atom. The number of aromatic nitrogens is 11.